The predicted octanol–water partition coefficient (Wildman–Crippen LogP) is -9.42. The van der Waals surface area contributed by atoms with Crippen LogP contribution in [0.2, 0.25) is 0 Å². The summed E-state index contributed by atoms with van der Waals surface area (Å²) < 4.78 is 21.9. The van der Waals surface area contributed by atoms with Gasteiger partial charge in [0.15, 0.2) is 18.9 Å². The van der Waals surface area contributed by atoms with E-state index in [0.29, 0.717) is 0 Å². The number of rotatable bonds is 14. The number of carbonyl (C=O) groups is 1. The minimum atomic E-state index is -2.13. The molecule has 2 heterocycles. The van der Waals surface area contributed by atoms with Crippen molar-refractivity contribution < 1.29 is 95.2 Å². The predicted molar refractivity (Wildman–Crippen MR) is 145 cm³/mol. The van der Waals surface area contributed by atoms with Gasteiger partial charge in [0.25, 0.3) is 0 Å². The molecule has 20 heteroatoms. The van der Waals surface area contributed by atoms with Crippen molar-refractivity contribution in [3.05, 3.63) is 0 Å². The lowest BCUT2D eigenvalue weighted by Crippen LogP contribution is -2.72. The highest BCUT2D eigenvalue weighted by atomic mass is 16.7. The fraction of sp³-hybridized carbons (Fsp3) is 0.962. The molecule has 0 bridgehead atoms. The molecule has 20 unspecified atom stereocenters. The van der Waals surface area contributed by atoms with E-state index in [9.17, 15) is 76.3 Å². The van der Waals surface area contributed by atoms with Crippen LogP contribution < -0.4 is 5.32 Å². The van der Waals surface area contributed by atoms with Crippen molar-refractivity contribution in [2.24, 2.45) is 11.8 Å². The molecule has 20 nitrogen and oxygen atoms in total. The largest absolute Gasteiger partial charge is 0.396 e. The maximum Gasteiger partial charge on any atom is 0.187 e. The zero-order chi connectivity index (χ0) is 34.6. The second-order valence-corrected chi connectivity index (χ2v) is 11.9. The number of aliphatic hydroxyl groups excluding tert-OH is 14. The second kappa shape index (κ2) is 17.0. The third kappa shape index (κ3) is 8.03. The van der Waals surface area contributed by atoms with Gasteiger partial charge in [0.05, 0.1) is 50.2 Å². The quantitative estimate of drug-likeness (QED) is 0.0759. The van der Waals surface area contributed by atoms with Crippen molar-refractivity contribution in [1.29, 1.82) is 0 Å². The first-order valence-corrected chi connectivity index (χ1v) is 14.8. The molecule has 0 spiro atoms. The Hall–Kier alpha value is -1.09. The molecule has 1 aliphatic carbocycles. The standard InChI is InChI=1S/C26H47NO19/c1-7-8(2-28)16(36)14(19(39)15(7)35)27-13-11(5-31)43-25(21(41)18(13)38)46-24-12(6-32)44-26(22(42)20(24)40)45-23(10(34)4-30)17(37)9(33)3-29/h3,7-28,30-42H,2,4-6H2,1H3. The summed E-state index contributed by atoms with van der Waals surface area (Å²) in [6, 6.07) is -2.76. The Bertz CT molecular complexity index is 934. The summed E-state index contributed by atoms with van der Waals surface area (Å²) >= 11 is 0. The monoisotopic (exact) mass is 677 g/mol. The van der Waals surface area contributed by atoms with E-state index >= 15 is 0 Å². The number of hydrogen-bond donors (Lipinski definition) is 15. The van der Waals surface area contributed by atoms with E-state index in [4.69, 9.17) is 18.9 Å². The molecule has 3 aliphatic rings. The number of hydrogen-bond acceptors (Lipinski definition) is 20. The summed E-state index contributed by atoms with van der Waals surface area (Å²) in [5.74, 6) is -1.59. The Morgan fingerprint density at radius 2 is 1.28 bits per heavy atom. The van der Waals surface area contributed by atoms with Crippen molar-refractivity contribution >= 4 is 6.29 Å². The lowest BCUT2D eigenvalue weighted by atomic mass is 9.72. The van der Waals surface area contributed by atoms with Crippen LogP contribution in [0.4, 0.5) is 0 Å². The smallest absolute Gasteiger partial charge is 0.187 e. The Kier molecular flexibility index (Phi) is 14.6. The molecule has 3 fully saturated rings. The van der Waals surface area contributed by atoms with E-state index < -0.39 is 148 Å². The van der Waals surface area contributed by atoms with Crippen LogP contribution in [0, 0.1) is 11.8 Å². The molecule has 2 aliphatic heterocycles. The van der Waals surface area contributed by atoms with Crippen molar-refractivity contribution in [3.63, 3.8) is 0 Å². The molecule has 15 N–H and O–H groups in total. The third-order valence-corrected chi connectivity index (χ3v) is 9.02. The maximum absolute atomic E-state index is 11.0. The molecule has 20 atom stereocenters. The lowest BCUT2D eigenvalue weighted by molar-refractivity contribution is -0.363. The molecule has 3 rings (SSSR count). The van der Waals surface area contributed by atoms with Gasteiger partial charge in [-0.15, -0.1) is 0 Å². The minimum Gasteiger partial charge on any atom is -0.396 e. The molecule has 2 saturated heterocycles. The molecule has 0 amide bonds. The molecule has 270 valence electrons. The van der Waals surface area contributed by atoms with E-state index in [1.54, 1.807) is 0 Å². The first kappa shape index (κ1) is 39.3. The van der Waals surface area contributed by atoms with Crippen LogP contribution in [0.3, 0.4) is 0 Å². The third-order valence-electron chi connectivity index (χ3n) is 9.02. The zero-order valence-electron chi connectivity index (χ0n) is 24.8. The zero-order valence-corrected chi connectivity index (χ0v) is 24.8. The highest BCUT2D eigenvalue weighted by Gasteiger charge is 2.54. The van der Waals surface area contributed by atoms with Crippen LogP contribution >= 0.6 is 0 Å². The molecule has 46 heavy (non-hydrogen) atoms. The highest BCUT2D eigenvalue weighted by Crippen LogP contribution is 2.34. The van der Waals surface area contributed by atoms with Gasteiger partial charge in [0.1, 0.15) is 67.1 Å². The molecule has 0 aromatic heterocycles. The Labute approximate surface area is 262 Å². The van der Waals surface area contributed by atoms with Crippen molar-refractivity contribution in [2.75, 3.05) is 26.4 Å². The normalized spacial score (nSPS) is 46.3. The van der Waals surface area contributed by atoms with Gasteiger partial charge in [-0.3, -0.25) is 0 Å². The summed E-state index contributed by atoms with van der Waals surface area (Å²) in [4.78, 5) is 10.9. The first-order chi connectivity index (χ1) is 21.7. The fourth-order valence-corrected chi connectivity index (χ4v) is 6.08. The van der Waals surface area contributed by atoms with E-state index in [1.165, 1.54) is 6.92 Å². The summed E-state index contributed by atoms with van der Waals surface area (Å²) in [5.41, 5.74) is 0. The van der Waals surface area contributed by atoms with Crippen molar-refractivity contribution in [2.45, 2.75) is 117 Å². The van der Waals surface area contributed by atoms with Gasteiger partial charge < -0.3 is 101 Å². The summed E-state index contributed by atoms with van der Waals surface area (Å²) in [6.45, 7) is -1.84. The lowest BCUT2D eigenvalue weighted by Gasteiger charge is -2.50. The molecule has 0 radical (unpaired) electrons. The van der Waals surface area contributed by atoms with Crippen LogP contribution in [0.25, 0.3) is 0 Å². The second-order valence-electron chi connectivity index (χ2n) is 11.9. The van der Waals surface area contributed by atoms with Gasteiger partial charge in [0, 0.05) is 12.5 Å². The van der Waals surface area contributed by atoms with Gasteiger partial charge in [-0.25, -0.2) is 0 Å². The van der Waals surface area contributed by atoms with Gasteiger partial charge >= 0.3 is 0 Å². The van der Waals surface area contributed by atoms with Crippen LogP contribution in [0.5, 0.6) is 0 Å². The average molecular weight is 678 g/mol. The number of nitrogens with one attached hydrogen (secondary N) is 1. The summed E-state index contributed by atoms with van der Waals surface area (Å²) in [7, 11) is 0. The molecular formula is C26H47NO19. The number of ether oxygens (including phenoxy) is 4. The Morgan fingerprint density at radius 1 is 0.717 bits per heavy atom. The van der Waals surface area contributed by atoms with Crippen molar-refractivity contribution in [1.82, 2.24) is 5.32 Å². The number of aliphatic hydroxyl groups is 14. The van der Waals surface area contributed by atoms with E-state index in [1.807, 2.05) is 0 Å². The van der Waals surface area contributed by atoms with E-state index in [-0.39, 0.29) is 6.29 Å². The summed E-state index contributed by atoms with van der Waals surface area (Å²) in [5, 5.41) is 147. The molecular weight excluding hydrogens is 630 g/mol. The van der Waals surface area contributed by atoms with E-state index in [2.05, 4.69) is 5.32 Å². The van der Waals surface area contributed by atoms with Crippen LogP contribution in [0.1, 0.15) is 6.92 Å². The van der Waals surface area contributed by atoms with Gasteiger partial charge in [-0.05, 0) is 5.92 Å². The molecule has 1 saturated carbocycles. The first-order valence-electron chi connectivity index (χ1n) is 14.8. The molecule has 0 aromatic carbocycles. The van der Waals surface area contributed by atoms with Gasteiger partial charge in [-0.2, -0.15) is 0 Å². The van der Waals surface area contributed by atoms with Crippen LogP contribution in [-0.4, -0.2) is 214 Å². The van der Waals surface area contributed by atoms with Crippen LogP contribution in [-0.2, 0) is 23.7 Å². The molecule has 0 aromatic rings. The highest BCUT2D eigenvalue weighted by molar-refractivity contribution is 5.56. The average Bonchev–Trinajstić information content (AvgIpc) is 3.05. The maximum atomic E-state index is 11.0. The van der Waals surface area contributed by atoms with E-state index in [0.717, 1.165) is 0 Å². The number of aldehydes is 1. The Balaban J connectivity index is 1.75. The fourth-order valence-electron chi connectivity index (χ4n) is 6.08. The van der Waals surface area contributed by atoms with Crippen LogP contribution in [0.15, 0.2) is 0 Å². The van der Waals surface area contributed by atoms with Gasteiger partial charge in [-0.1, -0.05) is 6.92 Å². The summed E-state index contributed by atoms with van der Waals surface area (Å²) in [6.07, 6.45) is -29.1. The Morgan fingerprint density at radius 3 is 1.83 bits per heavy atom. The van der Waals surface area contributed by atoms with Gasteiger partial charge in [0.2, 0.25) is 0 Å². The number of carbonyl (C=O) groups excluding carboxylic acids is 1. The topological polar surface area (TPSA) is 349 Å². The SMILES string of the molecule is CC1C(O)C(O)C(NC2C(CO)OC(OC3C(CO)OC(OC(C(O)CO)C(O)C(O)C=O)C(O)C3O)C(O)C2O)C(O)C1CO. The van der Waals surface area contributed by atoms with Crippen molar-refractivity contribution in [3.8, 4) is 0 Å². The minimum absolute atomic E-state index is 0.0861.